The fourth-order valence-corrected chi connectivity index (χ4v) is 3.63. The minimum atomic E-state index is -0.232. The largest absolute Gasteiger partial charge is 0.399 e. The number of nitrogen functional groups attached to an aromatic ring is 1. The minimum Gasteiger partial charge on any atom is -0.399 e. The lowest BCUT2D eigenvalue weighted by Gasteiger charge is -2.16. The molecule has 1 amide bonds. The average Bonchev–Trinajstić information content (AvgIpc) is 2.97. The zero-order valence-electron chi connectivity index (χ0n) is 14.9. The van der Waals surface area contributed by atoms with E-state index in [2.05, 4.69) is 4.98 Å². The molecular formula is C22H20FN3O. The number of carbonyl (C=O) groups is 1. The first kappa shape index (κ1) is 17.2. The fraction of sp³-hybridized carbons (Fsp3) is 0.182. The van der Waals surface area contributed by atoms with Gasteiger partial charge in [0.2, 0.25) is 0 Å². The molecule has 1 aromatic heterocycles. The van der Waals surface area contributed by atoms with Gasteiger partial charge in [-0.15, -0.1) is 0 Å². The number of nitrogens with two attached hydrogens (primary N) is 1. The van der Waals surface area contributed by atoms with Crippen LogP contribution in [0.15, 0.2) is 60.9 Å². The Morgan fingerprint density at radius 3 is 2.63 bits per heavy atom. The molecule has 4 rings (SSSR count). The molecule has 2 heterocycles. The topological polar surface area (TPSA) is 59.2 Å². The smallest absolute Gasteiger partial charge is 0.254 e. The normalized spacial score (nSPS) is 13.1. The molecule has 0 aliphatic carbocycles. The van der Waals surface area contributed by atoms with Crippen LogP contribution in [0.25, 0.3) is 0 Å². The van der Waals surface area contributed by atoms with Crippen LogP contribution in [-0.4, -0.2) is 22.3 Å². The highest BCUT2D eigenvalue weighted by Gasteiger charge is 2.30. The number of rotatable bonds is 5. The second-order valence-corrected chi connectivity index (χ2v) is 6.81. The number of halogens is 1. The predicted molar refractivity (Wildman–Crippen MR) is 103 cm³/mol. The van der Waals surface area contributed by atoms with Crippen LogP contribution in [0.2, 0.25) is 0 Å². The number of benzene rings is 2. The summed E-state index contributed by atoms with van der Waals surface area (Å²) in [6, 6.07) is 14.3. The molecule has 1 aliphatic rings. The number of hydrogen-bond donors (Lipinski definition) is 1. The average molecular weight is 361 g/mol. The third-order valence-corrected chi connectivity index (χ3v) is 4.94. The van der Waals surface area contributed by atoms with Crippen molar-refractivity contribution in [2.24, 2.45) is 0 Å². The molecule has 27 heavy (non-hydrogen) atoms. The van der Waals surface area contributed by atoms with Crippen LogP contribution in [0.1, 0.15) is 32.6 Å². The summed E-state index contributed by atoms with van der Waals surface area (Å²) in [5.41, 5.74) is 11.0. The second-order valence-electron chi connectivity index (χ2n) is 6.81. The Hall–Kier alpha value is -3.21. The van der Waals surface area contributed by atoms with Gasteiger partial charge in [-0.3, -0.25) is 9.78 Å². The van der Waals surface area contributed by atoms with E-state index < -0.39 is 0 Å². The van der Waals surface area contributed by atoms with Crippen LogP contribution in [0.4, 0.5) is 10.1 Å². The van der Waals surface area contributed by atoms with Gasteiger partial charge in [0.1, 0.15) is 5.82 Å². The van der Waals surface area contributed by atoms with Crippen LogP contribution in [0.5, 0.6) is 0 Å². The fourth-order valence-electron chi connectivity index (χ4n) is 3.63. The zero-order valence-corrected chi connectivity index (χ0v) is 14.9. The summed E-state index contributed by atoms with van der Waals surface area (Å²) in [7, 11) is 0. The van der Waals surface area contributed by atoms with Gasteiger partial charge in [-0.05, 0) is 65.4 Å². The third kappa shape index (κ3) is 3.53. The van der Waals surface area contributed by atoms with Gasteiger partial charge in [-0.2, -0.15) is 0 Å². The van der Waals surface area contributed by atoms with Crippen LogP contribution in [-0.2, 0) is 19.4 Å². The maximum atomic E-state index is 13.9. The maximum Gasteiger partial charge on any atom is 0.254 e. The molecule has 0 saturated carbocycles. The summed E-state index contributed by atoms with van der Waals surface area (Å²) in [4.78, 5) is 18.8. The molecular weight excluding hydrogens is 341 g/mol. The second kappa shape index (κ2) is 7.19. The Kier molecular flexibility index (Phi) is 4.59. The highest BCUT2D eigenvalue weighted by Crippen LogP contribution is 2.30. The molecule has 1 aliphatic heterocycles. The van der Waals surface area contributed by atoms with Crippen molar-refractivity contribution in [3.8, 4) is 0 Å². The number of carbonyl (C=O) groups excluding carboxylic acids is 1. The van der Waals surface area contributed by atoms with Gasteiger partial charge < -0.3 is 10.6 Å². The van der Waals surface area contributed by atoms with Gasteiger partial charge in [-0.1, -0.05) is 18.2 Å². The number of pyridine rings is 1. The Morgan fingerprint density at radius 2 is 1.85 bits per heavy atom. The first-order valence-corrected chi connectivity index (χ1v) is 8.94. The van der Waals surface area contributed by atoms with E-state index >= 15 is 0 Å². The van der Waals surface area contributed by atoms with Crippen molar-refractivity contribution in [3.05, 3.63) is 94.6 Å². The highest BCUT2D eigenvalue weighted by atomic mass is 19.1. The number of nitrogens with zero attached hydrogens (tertiary/aromatic N) is 2. The summed E-state index contributed by atoms with van der Waals surface area (Å²) in [6.07, 6.45) is 4.60. The van der Waals surface area contributed by atoms with Gasteiger partial charge in [0, 0.05) is 36.7 Å². The molecule has 0 fully saturated rings. The Bertz CT molecular complexity index is 988. The summed E-state index contributed by atoms with van der Waals surface area (Å²) in [5, 5.41) is 0. The number of aromatic nitrogens is 1. The van der Waals surface area contributed by atoms with E-state index in [1.54, 1.807) is 29.4 Å². The van der Waals surface area contributed by atoms with Gasteiger partial charge in [0.05, 0.1) is 0 Å². The van der Waals surface area contributed by atoms with E-state index in [0.29, 0.717) is 37.2 Å². The standard InChI is InChI=1S/C22H20FN3O/c23-20-4-2-1-3-16(20)7-10-26-14-18-13-19(24)12-17(21(18)22(26)27)11-15-5-8-25-9-6-15/h1-6,8-9,12-13H,7,10-11,14,24H2. The van der Waals surface area contributed by atoms with Gasteiger partial charge in [0.25, 0.3) is 5.91 Å². The van der Waals surface area contributed by atoms with E-state index in [4.69, 9.17) is 5.73 Å². The lowest BCUT2D eigenvalue weighted by Crippen LogP contribution is -2.26. The van der Waals surface area contributed by atoms with Crippen LogP contribution >= 0.6 is 0 Å². The number of fused-ring (bicyclic) bond motifs is 1. The third-order valence-electron chi connectivity index (χ3n) is 4.94. The molecule has 0 unspecified atom stereocenters. The van der Waals surface area contributed by atoms with E-state index in [1.807, 2.05) is 30.3 Å². The monoisotopic (exact) mass is 361 g/mol. The van der Waals surface area contributed by atoms with Crippen molar-refractivity contribution in [2.45, 2.75) is 19.4 Å². The predicted octanol–water partition coefficient (Wildman–Crippen LogP) is 3.59. The highest BCUT2D eigenvalue weighted by molar-refractivity contribution is 6.00. The summed E-state index contributed by atoms with van der Waals surface area (Å²) in [6.45, 7) is 0.986. The van der Waals surface area contributed by atoms with Crippen molar-refractivity contribution < 1.29 is 9.18 Å². The molecule has 0 bridgehead atoms. The molecule has 2 aromatic carbocycles. The molecule has 0 radical (unpaired) electrons. The first-order valence-electron chi connectivity index (χ1n) is 8.94. The molecule has 136 valence electrons. The van der Waals surface area contributed by atoms with Crippen molar-refractivity contribution in [2.75, 3.05) is 12.3 Å². The summed E-state index contributed by atoms with van der Waals surface area (Å²) >= 11 is 0. The van der Waals surface area contributed by atoms with E-state index in [0.717, 1.165) is 22.3 Å². The summed E-state index contributed by atoms with van der Waals surface area (Å²) in [5.74, 6) is -0.241. The SMILES string of the molecule is Nc1cc(Cc2ccncc2)c2c(c1)CN(CCc1ccccc1F)C2=O. The zero-order chi connectivity index (χ0) is 18.8. The molecule has 3 aromatic rings. The molecule has 5 heteroatoms. The first-order chi connectivity index (χ1) is 13.1. The molecule has 2 N–H and O–H groups in total. The molecule has 4 nitrogen and oxygen atoms in total. The number of anilines is 1. The Morgan fingerprint density at radius 1 is 1.07 bits per heavy atom. The van der Waals surface area contributed by atoms with Crippen molar-refractivity contribution in [1.29, 1.82) is 0 Å². The lowest BCUT2D eigenvalue weighted by molar-refractivity contribution is 0.0779. The number of hydrogen-bond acceptors (Lipinski definition) is 3. The van der Waals surface area contributed by atoms with Crippen LogP contribution in [0, 0.1) is 5.82 Å². The molecule has 0 spiro atoms. The molecule has 0 atom stereocenters. The van der Waals surface area contributed by atoms with Gasteiger partial charge >= 0.3 is 0 Å². The maximum absolute atomic E-state index is 13.9. The van der Waals surface area contributed by atoms with E-state index in [1.165, 1.54) is 6.07 Å². The van der Waals surface area contributed by atoms with Crippen molar-refractivity contribution in [3.63, 3.8) is 0 Å². The quantitative estimate of drug-likeness (QED) is 0.707. The van der Waals surface area contributed by atoms with E-state index in [-0.39, 0.29) is 11.7 Å². The van der Waals surface area contributed by atoms with Gasteiger partial charge in [-0.25, -0.2) is 4.39 Å². The Balaban J connectivity index is 1.56. The lowest BCUT2D eigenvalue weighted by atomic mass is 9.96. The Labute approximate surface area is 157 Å². The van der Waals surface area contributed by atoms with Gasteiger partial charge in [0.15, 0.2) is 0 Å². The summed E-state index contributed by atoms with van der Waals surface area (Å²) < 4.78 is 13.9. The number of amides is 1. The minimum absolute atomic E-state index is 0.00889. The van der Waals surface area contributed by atoms with Crippen LogP contribution in [0.3, 0.4) is 0 Å². The van der Waals surface area contributed by atoms with Crippen molar-refractivity contribution in [1.82, 2.24) is 9.88 Å². The van der Waals surface area contributed by atoms with Crippen LogP contribution < -0.4 is 5.73 Å². The van der Waals surface area contributed by atoms with E-state index in [9.17, 15) is 9.18 Å². The van der Waals surface area contributed by atoms with Crippen molar-refractivity contribution >= 4 is 11.6 Å². The molecule has 0 saturated heterocycles.